The summed E-state index contributed by atoms with van der Waals surface area (Å²) in [6, 6.07) is -1.33. The molecule has 0 aromatic carbocycles. The number of carboxylic acid groups (broad SMARTS) is 1. The molecule has 0 aromatic heterocycles. The van der Waals surface area contributed by atoms with E-state index in [0.29, 0.717) is 0 Å². The van der Waals surface area contributed by atoms with Crippen LogP contribution in [0.25, 0.3) is 0 Å². The molecule has 0 rings (SSSR count). The van der Waals surface area contributed by atoms with Gasteiger partial charge in [0.25, 0.3) is 0 Å². The number of aliphatic carboxylic acids is 1. The van der Waals surface area contributed by atoms with Crippen molar-refractivity contribution < 1.29 is 28.4 Å². The first-order valence-electron chi connectivity index (χ1n) is 3.49. The third-order valence-electron chi connectivity index (χ3n) is 1.03. The number of hydrogen-bond acceptors (Lipinski definition) is 5. The van der Waals surface area contributed by atoms with Gasteiger partial charge in [-0.05, 0) is 6.92 Å². The van der Waals surface area contributed by atoms with E-state index in [9.17, 15) is 9.36 Å². The van der Waals surface area contributed by atoms with E-state index >= 15 is 0 Å². The number of carbonyl (C=O) groups is 1. The first kappa shape index (κ1) is 16.3. The van der Waals surface area contributed by atoms with Gasteiger partial charge in [-0.15, -0.1) is 12.4 Å². The van der Waals surface area contributed by atoms with Crippen LogP contribution in [0.1, 0.15) is 6.92 Å². The van der Waals surface area contributed by atoms with Gasteiger partial charge in [-0.25, -0.2) is 4.57 Å². The molecular weight excluding hydrogens is 236 g/mol. The van der Waals surface area contributed by atoms with Crippen molar-refractivity contribution in [1.29, 1.82) is 0 Å². The minimum absolute atomic E-state index is 0. The first-order valence-corrected chi connectivity index (χ1v) is 4.99. The monoisotopic (exact) mass is 249 g/mol. The second kappa shape index (κ2) is 7.17. The van der Waals surface area contributed by atoms with Crippen molar-refractivity contribution in [3.63, 3.8) is 0 Å². The Kier molecular flexibility index (Phi) is 8.33. The second-order valence-electron chi connectivity index (χ2n) is 2.13. The Bertz CT molecular complexity index is 224. The van der Waals surface area contributed by atoms with Gasteiger partial charge in [-0.2, -0.15) is 0 Å². The summed E-state index contributed by atoms with van der Waals surface area (Å²) in [5.74, 6) is -1.31. The minimum Gasteiger partial charge on any atom is -0.480 e. The molecule has 0 bridgehead atoms. The highest BCUT2D eigenvalue weighted by atomic mass is 35.5. The largest absolute Gasteiger partial charge is 0.480 e. The number of carboxylic acids is 1. The van der Waals surface area contributed by atoms with Gasteiger partial charge in [0.15, 0.2) is 0 Å². The number of rotatable bonds is 6. The molecule has 0 heterocycles. The maximum Gasteiger partial charge on any atom is 0.472 e. The fraction of sp³-hybridized carbons (Fsp3) is 0.800. The van der Waals surface area contributed by atoms with Crippen LogP contribution in [0, 0.1) is 0 Å². The molecule has 14 heavy (non-hydrogen) atoms. The number of hydrogen-bond donors (Lipinski definition) is 3. The molecule has 0 amide bonds. The zero-order valence-electron chi connectivity index (χ0n) is 7.45. The molecule has 0 radical (unpaired) electrons. The van der Waals surface area contributed by atoms with Crippen LogP contribution >= 0.6 is 20.2 Å². The SMILES string of the molecule is CCOP(=O)(O)OC[C@H](N)C(=O)O.Cl. The minimum atomic E-state index is -4.13. The maximum atomic E-state index is 10.8. The highest BCUT2D eigenvalue weighted by molar-refractivity contribution is 7.47. The number of nitrogens with two attached hydrogens (primary N) is 1. The zero-order valence-corrected chi connectivity index (χ0v) is 9.16. The van der Waals surface area contributed by atoms with Crippen LogP contribution in [0.3, 0.4) is 0 Å². The van der Waals surface area contributed by atoms with Crippen LogP contribution in [0.15, 0.2) is 0 Å². The van der Waals surface area contributed by atoms with Gasteiger partial charge in [0.2, 0.25) is 0 Å². The summed E-state index contributed by atoms with van der Waals surface area (Å²) in [7, 11) is -4.13. The normalized spacial score (nSPS) is 16.5. The summed E-state index contributed by atoms with van der Waals surface area (Å²) in [4.78, 5) is 19.0. The average Bonchev–Trinajstić information content (AvgIpc) is 2.00. The van der Waals surface area contributed by atoms with E-state index in [1.165, 1.54) is 6.92 Å². The molecule has 0 saturated heterocycles. The molecule has 0 spiro atoms. The van der Waals surface area contributed by atoms with Gasteiger partial charge in [0, 0.05) is 0 Å². The van der Waals surface area contributed by atoms with E-state index in [0.717, 1.165) is 0 Å². The predicted molar refractivity (Wildman–Crippen MR) is 50.3 cm³/mol. The van der Waals surface area contributed by atoms with E-state index < -0.39 is 26.4 Å². The van der Waals surface area contributed by atoms with E-state index in [4.69, 9.17) is 15.7 Å². The molecule has 86 valence electrons. The molecule has 0 fully saturated rings. The summed E-state index contributed by atoms with van der Waals surface area (Å²) in [5.41, 5.74) is 5.01. The van der Waals surface area contributed by atoms with Crippen molar-refractivity contribution in [1.82, 2.24) is 0 Å². The Hall–Kier alpha value is -0.170. The summed E-state index contributed by atoms with van der Waals surface area (Å²) < 4.78 is 19.4. The van der Waals surface area contributed by atoms with E-state index in [2.05, 4.69) is 9.05 Å². The van der Waals surface area contributed by atoms with Crippen molar-refractivity contribution in [2.75, 3.05) is 13.2 Å². The lowest BCUT2D eigenvalue weighted by Gasteiger charge is -2.12. The Balaban J connectivity index is 0. The fourth-order valence-electron chi connectivity index (χ4n) is 0.446. The third-order valence-corrected chi connectivity index (χ3v) is 2.09. The van der Waals surface area contributed by atoms with Crippen LogP contribution in [0.4, 0.5) is 0 Å². The van der Waals surface area contributed by atoms with Crippen LogP contribution in [-0.2, 0) is 18.4 Å². The maximum absolute atomic E-state index is 10.8. The van der Waals surface area contributed by atoms with Crippen LogP contribution in [0.2, 0.25) is 0 Å². The first-order chi connectivity index (χ1) is 5.89. The van der Waals surface area contributed by atoms with Crippen molar-refractivity contribution in [2.45, 2.75) is 13.0 Å². The van der Waals surface area contributed by atoms with Gasteiger partial charge in [-0.3, -0.25) is 13.8 Å². The van der Waals surface area contributed by atoms with E-state index in [1.807, 2.05) is 0 Å². The molecule has 4 N–H and O–H groups in total. The number of phosphoric ester groups is 1. The van der Waals surface area contributed by atoms with Gasteiger partial charge >= 0.3 is 13.8 Å². The molecule has 9 heteroatoms. The van der Waals surface area contributed by atoms with Crippen LogP contribution < -0.4 is 5.73 Å². The second-order valence-corrected chi connectivity index (χ2v) is 3.58. The summed E-state index contributed by atoms with van der Waals surface area (Å²) >= 11 is 0. The summed E-state index contributed by atoms with van der Waals surface area (Å²) in [6.07, 6.45) is 0. The predicted octanol–water partition coefficient (Wildman–Crippen LogP) is -0.0264. The van der Waals surface area contributed by atoms with E-state index in [1.54, 1.807) is 0 Å². The average molecular weight is 250 g/mol. The molecule has 2 atom stereocenters. The molecule has 0 aliphatic rings. The Morgan fingerprint density at radius 2 is 2.07 bits per heavy atom. The highest BCUT2D eigenvalue weighted by Crippen LogP contribution is 2.42. The number of halogens is 1. The van der Waals surface area contributed by atoms with Crippen molar-refractivity contribution in [3.05, 3.63) is 0 Å². The highest BCUT2D eigenvalue weighted by Gasteiger charge is 2.23. The van der Waals surface area contributed by atoms with Gasteiger partial charge in [0.1, 0.15) is 6.04 Å². The summed E-state index contributed by atoms with van der Waals surface area (Å²) in [5, 5.41) is 8.29. The van der Waals surface area contributed by atoms with Crippen molar-refractivity contribution >= 4 is 26.2 Å². The zero-order chi connectivity index (χ0) is 10.5. The standard InChI is InChI=1S/C5H12NO6P.ClH/c1-2-11-13(9,10)12-3-4(6)5(7)8;/h4H,2-3,6H2,1H3,(H,7,8)(H,9,10);1H/t4-;/m0./s1. The fourth-order valence-corrected chi connectivity index (χ4v) is 1.20. The van der Waals surface area contributed by atoms with Crippen molar-refractivity contribution in [2.24, 2.45) is 5.73 Å². The lowest BCUT2D eigenvalue weighted by Crippen LogP contribution is -2.34. The topological polar surface area (TPSA) is 119 Å². The van der Waals surface area contributed by atoms with Crippen LogP contribution in [-0.4, -0.2) is 35.2 Å². The molecule has 0 aromatic rings. The molecule has 7 nitrogen and oxygen atoms in total. The molecule has 0 saturated carbocycles. The van der Waals surface area contributed by atoms with Gasteiger partial charge in [-0.1, -0.05) is 0 Å². The Morgan fingerprint density at radius 1 is 1.57 bits per heavy atom. The van der Waals surface area contributed by atoms with Gasteiger partial charge in [0.05, 0.1) is 13.2 Å². The Labute approximate surface area is 87.2 Å². The molecule has 0 aliphatic carbocycles. The van der Waals surface area contributed by atoms with Crippen molar-refractivity contribution in [3.8, 4) is 0 Å². The Morgan fingerprint density at radius 3 is 2.43 bits per heavy atom. The van der Waals surface area contributed by atoms with Gasteiger partial charge < -0.3 is 15.7 Å². The quantitative estimate of drug-likeness (QED) is 0.566. The molecular formula is C5H13ClNO6P. The summed E-state index contributed by atoms with van der Waals surface area (Å²) in [6.45, 7) is 0.933. The van der Waals surface area contributed by atoms with Crippen LogP contribution in [0.5, 0.6) is 0 Å². The smallest absolute Gasteiger partial charge is 0.472 e. The van der Waals surface area contributed by atoms with E-state index in [-0.39, 0.29) is 19.0 Å². The molecule has 0 aliphatic heterocycles. The lowest BCUT2D eigenvalue weighted by molar-refractivity contribution is -0.139. The molecule has 1 unspecified atom stereocenters. The third kappa shape index (κ3) is 7.25. The number of phosphoric acid groups is 1. The lowest BCUT2D eigenvalue weighted by atomic mass is 10.3.